The van der Waals surface area contributed by atoms with Gasteiger partial charge in [0.1, 0.15) is 18.8 Å². The van der Waals surface area contributed by atoms with Gasteiger partial charge in [-0.25, -0.2) is 9.55 Å². The van der Waals surface area contributed by atoms with Crippen molar-refractivity contribution in [3.05, 3.63) is 22.1 Å². The molecule has 0 aliphatic rings. The van der Waals surface area contributed by atoms with E-state index >= 15 is 0 Å². The number of aromatic nitrogens is 2. The van der Waals surface area contributed by atoms with Gasteiger partial charge in [0, 0.05) is 6.92 Å². The number of imidazole rings is 1. The van der Waals surface area contributed by atoms with Gasteiger partial charge in [0.25, 0.3) is 0 Å². The largest absolute Gasteiger partial charge is 1.00 e. The zero-order valence-electron chi connectivity index (χ0n) is 11.7. The van der Waals surface area contributed by atoms with Crippen LogP contribution in [-0.4, -0.2) is 36.5 Å². The molecule has 1 aromatic heterocycles. The van der Waals surface area contributed by atoms with E-state index in [4.69, 9.17) is 30.8 Å². The third-order valence-corrected chi connectivity index (χ3v) is 2.15. The van der Waals surface area contributed by atoms with Gasteiger partial charge in [-0.1, -0.05) is 0 Å². The molecule has 1 unspecified atom stereocenters. The number of aliphatic hydroxyl groups is 1. The Morgan fingerprint density at radius 3 is 2.29 bits per heavy atom. The van der Waals surface area contributed by atoms with E-state index in [1.807, 2.05) is 0 Å². The molecule has 0 amide bonds. The molecule has 2 N–H and O–H groups in total. The van der Waals surface area contributed by atoms with E-state index in [0.29, 0.717) is 5.82 Å². The van der Waals surface area contributed by atoms with Crippen LogP contribution in [0.25, 0.3) is 0 Å². The first kappa shape index (κ1) is 26.8. The van der Waals surface area contributed by atoms with Crippen molar-refractivity contribution >= 4 is 25.2 Å². The van der Waals surface area contributed by atoms with Crippen molar-refractivity contribution in [3.8, 4) is 0 Å². The molecule has 0 bridgehead atoms. The van der Waals surface area contributed by atoms with E-state index in [1.165, 1.54) is 4.57 Å². The smallest absolute Gasteiger partial charge is 0.790 e. The number of aliphatic hydroxyl groups excluding tert-OH is 1. The maximum atomic E-state index is 10.5. The molecule has 0 spiro atoms. The van der Waals surface area contributed by atoms with E-state index in [2.05, 4.69) is 4.98 Å². The summed E-state index contributed by atoms with van der Waals surface area (Å²) in [7, 11) is -5.14. The number of rotatable bonds is 4. The minimum Gasteiger partial charge on any atom is -0.790 e. The van der Waals surface area contributed by atoms with Crippen LogP contribution in [0.2, 0.25) is 0 Å². The molecule has 0 fully saturated rings. The minimum absolute atomic E-state index is 0. The number of alkyl halides is 1. The Morgan fingerprint density at radius 2 is 1.95 bits per heavy atom. The first-order valence-corrected chi connectivity index (χ1v) is 6.74. The molecular weight excluding hydrogens is 350 g/mol. The summed E-state index contributed by atoms with van der Waals surface area (Å²) in [5.41, 5.74) is 0. The van der Waals surface area contributed by atoms with Crippen LogP contribution in [0.15, 0.2) is 6.20 Å². The summed E-state index contributed by atoms with van der Waals surface area (Å²) in [6, 6.07) is 0. The Hall–Kier alpha value is 0.970. The van der Waals surface area contributed by atoms with Gasteiger partial charge < -0.3 is 34.5 Å². The molecule has 1 aromatic rings. The predicted molar refractivity (Wildman–Crippen MR) is 60.2 cm³/mol. The summed E-state index contributed by atoms with van der Waals surface area (Å²) >= 11 is 5.40. The molecule has 0 radical (unpaired) electrons. The molecule has 14 heteroatoms. The van der Waals surface area contributed by atoms with Crippen LogP contribution in [0.1, 0.15) is 5.82 Å². The fraction of sp³-hybridized carbons (Fsp3) is 0.571. The second kappa shape index (κ2) is 12.4. The second-order valence-corrected chi connectivity index (χ2v) is 4.55. The average Bonchev–Trinajstić information content (AvgIpc) is 2.58. The number of nitro groups is 1. The topological polar surface area (TPSA) is 165 Å². The fourth-order valence-corrected chi connectivity index (χ4v) is 1.18. The van der Waals surface area contributed by atoms with Crippen molar-refractivity contribution in [2.75, 3.05) is 5.88 Å². The molecule has 0 aliphatic heterocycles. The molecule has 0 aromatic carbocycles. The van der Waals surface area contributed by atoms with Crippen molar-refractivity contribution in [2.45, 2.75) is 19.6 Å². The first-order valence-electron chi connectivity index (χ1n) is 4.71. The fourth-order valence-electron chi connectivity index (χ4n) is 1.09. The normalized spacial score (nSPS) is 11.3. The van der Waals surface area contributed by atoms with Crippen LogP contribution < -0.4 is 68.9 Å². The molecule has 0 saturated carbocycles. The molecular formula is C7H11ClN3Na2O7P. The molecule has 0 aliphatic carbocycles. The van der Waals surface area contributed by atoms with E-state index in [1.54, 1.807) is 6.92 Å². The maximum absolute atomic E-state index is 10.5. The number of hydrogen-bond donors (Lipinski definition) is 2. The maximum Gasteiger partial charge on any atom is 1.00 e. The standard InChI is InChI=1S/C7H10ClN3O3.2Na.H3O4P/c1-5-9-3-7(11(13)14)10(5)4-6(12)2-8;;;1-5(2,3)4/h3,6,12H,2,4H2,1H3;;;(H3,1,2,3,4)/q;2*+1;/p-2. The van der Waals surface area contributed by atoms with Gasteiger partial charge in [-0.2, -0.15) is 0 Å². The van der Waals surface area contributed by atoms with E-state index in [0.717, 1.165) is 6.20 Å². The van der Waals surface area contributed by atoms with Gasteiger partial charge >= 0.3 is 64.9 Å². The molecule has 110 valence electrons. The predicted octanol–water partition coefficient (Wildman–Crippen LogP) is -7.49. The zero-order valence-corrected chi connectivity index (χ0v) is 17.3. The van der Waals surface area contributed by atoms with E-state index < -0.39 is 18.8 Å². The van der Waals surface area contributed by atoms with Gasteiger partial charge in [0.05, 0.1) is 13.7 Å². The summed E-state index contributed by atoms with van der Waals surface area (Å²) in [5, 5.41) is 19.8. The Labute approximate surface area is 169 Å². The van der Waals surface area contributed by atoms with Gasteiger partial charge in [-0.15, -0.1) is 11.6 Å². The molecule has 21 heavy (non-hydrogen) atoms. The Balaban J connectivity index is -0.000000405. The molecule has 1 atom stereocenters. The van der Waals surface area contributed by atoms with E-state index in [-0.39, 0.29) is 77.4 Å². The summed E-state index contributed by atoms with van der Waals surface area (Å²) in [4.78, 5) is 38.1. The van der Waals surface area contributed by atoms with Gasteiger partial charge in [0.15, 0.2) is 5.82 Å². The number of aryl methyl sites for hydroxylation is 1. The Morgan fingerprint density at radius 1 is 1.52 bits per heavy atom. The molecule has 10 nitrogen and oxygen atoms in total. The Kier molecular flexibility index (Phi) is 15.9. The number of hydrogen-bond acceptors (Lipinski definition) is 7. The summed E-state index contributed by atoms with van der Waals surface area (Å²) < 4.78 is 9.99. The van der Waals surface area contributed by atoms with Crippen molar-refractivity contribution in [2.24, 2.45) is 0 Å². The van der Waals surface area contributed by atoms with Crippen LogP contribution >= 0.6 is 19.4 Å². The number of nitrogens with zero attached hydrogens (tertiary/aromatic N) is 3. The minimum atomic E-state index is -5.14. The second-order valence-electron chi connectivity index (χ2n) is 3.31. The van der Waals surface area contributed by atoms with E-state index in [9.17, 15) is 15.2 Å². The van der Waals surface area contributed by atoms with Crippen LogP contribution in [0.5, 0.6) is 0 Å². The van der Waals surface area contributed by atoms with Crippen LogP contribution in [0.4, 0.5) is 5.82 Å². The van der Waals surface area contributed by atoms with Crippen LogP contribution in [0, 0.1) is 17.0 Å². The third-order valence-electron chi connectivity index (χ3n) is 1.79. The van der Waals surface area contributed by atoms with Crippen LogP contribution in [-0.2, 0) is 11.1 Å². The van der Waals surface area contributed by atoms with Crippen molar-refractivity contribution in [1.82, 2.24) is 9.55 Å². The Bertz CT molecular complexity index is 475. The van der Waals surface area contributed by atoms with Crippen molar-refractivity contribution in [1.29, 1.82) is 0 Å². The summed E-state index contributed by atoms with van der Waals surface area (Å²) in [5.74, 6) is 0.391. The first-order chi connectivity index (χ1) is 8.56. The monoisotopic (exact) mass is 361 g/mol. The van der Waals surface area contributed by atoms with Crippen molar-refractivity contribution < 1.29 is 88.4 Å². The molecule has 1 heterocycles. The third kappa shape index (κ3) is 13.1. The van der Waals surface area contributed by atoms with Gasteiger partial charge in [0.2, 0.25) is 0 Å². The summed E-state index contributed by atoms with van der Waals surface area (Å²) in [6.07, 6.45) is 0.360. The quantitative estimate of drug-likeness (QED) is 0.175. The zero-order chi connectivity index (χ0) is 15.2. The van der Waals surface area contributed by atoms with Crippen LogP contribution in [0.3, 0.4) is 0 Å². The molecule has 1 rings (SSSR count). The number of phosphoric acid groups is 1. The van der Waals surface area contributed by atoms with Crippen molar-refractivity contribution in [3.63, 3.8) is 0 Å². The summed E-state index contributed by atoms with van der Waals surface area (Å²) in [6.45, 7) is 1.72. The average molecular weight is 362 g/mol. The SMILES string of the molecule is Cc1ncc([N+](=O)[O-])n1CC(O)CCl.O=P([O-])([O-])O.[Na+].[Na+]. The molecule has 0 saturated heterocycles. The van der Waals surface area contributed by atoms with Gasteiger partial charge in [-0.05, 0) is 4.92 Å². The number of halogens is 1. The van der Waals surface area contributed by atoms with Gasteiger partial charge in [-0.3, -0.25) is 0 Å².